The molecule has 14 heteroatoms. The number of aromatic amines is 1. The van der Waals surface area contributed by atoms with Gasteiger partial charge in [0.25, 0.3) is 5.43 Å². The minimum Gasteiger partial charge on any atom is -0.353 e. The van der Waals surface area contributed by atoms with Crippen molar-refractivity contribution in [2.24, 2.45) is 0 Å². The van der Waals surface area contributed by atoms with Gasteiger partial charge in [-0.15, -0.1) is 0 Å². The van der Waals surface area contributed by atoms with E-state index >= 15 is 0 Å². The van der Waals surface area contributed by atoms with Crippen LogP contribution in [-0.2, 0) is 0 Å². The first-order chi connectivity index (χ1) is 15.0. The SMILES string of the molecule is O=[N+]([O-])c1cnc2c(F)cc(Br)cc2c1Cl.O=c1c([N+](=O)[O-])c[nH]c2c(F)cc(Br)cc12. The second-order valence-electron chi connectivity index (χ2n) is 6.07. The molecule has 9 nitrogen and oxygen atoms in total. The number of H-pyrrole nitrogens is 1. The zero-order chi connectivity index (χ0) is 23.7. The fourth-order valence-corrected chi connectivity index (χ4v) is 3.81. The quantitative estimate of drug-likeness (QED) is 0.223. The molecule has 2 heterocycles. The molecule has 4 rings (SSSR count). The van der Waals surface area contributed by atoms with Crippen LogP contribution < -0.4 is 5.43 Å². The first-order valence-electron chi connectivity index (χ1n) is 8.23. The Morgan fingerprint density at radius 1 is 0.938 bits per heavy atom. The van der Waals surface area contributed by atoms with Gasteiger partial charge in [0.1, 0.15) is 22.6 Å². The molecular formula is C18H7Br2ClF2N4O5. The molecule has 0 unspecified atom stereocenters. The lowest BCUT2D eigenvalue weighted by atomic mass is 10.2. The van der Waals surface area contributed by atoms with Gasteiger partial charge in [0, 0.05) is 14.3 Å². The predicted octanol–water partition coefficient (Wildman–Crippen LogP) is 6.04. The van der Waals surface area contributed by atoms with Crippen LogP contribution in [-0.4, -0.2) is 19.8 Å². The van der Waals surface area contributed by atoms with Gasteiger partial charge in [0.2, 0.25) is 0 Å². The molecule has 0 saturated carbocycles. The summed E-state index contributed by atoms with van der Waals surface area (Å²) >= 11 is 11.9. The van der Waals surface area contributed by atoms with Gasteiger partial charge in [0.15, 0.2) is 5.82 Å². The molecule has 32 heavy (non-hydrogen) atoms. The molecule has 2 aromatic heterocycles. The maximum atomic E-state index is 13.4. The molecule has 0 amide bonds. The van der Waals surface area contributed by atoms with E-state index in [1.54, 1.807) is 0 Å². The molecule has 164 valence electrons. The second kappa shape index (κ2) is 9.22. The van der Waals surface area contributed by atoms with Gasteiger partial charge in [0.05, 0.1) is 26.9 Å². The van der Waals surface area contributed by atoms with E-state index in [0.717, 1.165) is 12.4 Å². The first-order valence-corrected chi connectivity index (χ1v) is 10.2. The van der Waals surface area contributed by atoms with Gasteiger partial charge in [-0.3, -0.25) is 25.0 Å². The van der Waals surface area contributed by atoms with Gasteiger partial charge >= 0.3 is 11.4 Å². The summed E-state index contributed by atoms with van der Waals surface area (Å²) in [4.78, 5) is 37.4. The molecule has 0 fully saturated rings. The summed E-state index contributed by atoms with van der Waals surface area (Å²) in [7, 11) is 0. The topological polar surface area (TPSA) is 132 Å². The molecule has 0 saturated heterocycles. The molecule has 0 bridgehead atoms. The molecule has 0 atom stereocenters. The zero-order valence-electron chi connectivity index (χ0n) is 15.2. The monoisotopic (exact) mass is 590 g/mol. The lowest BCUT2D eigenvalue weighted by Crippen LogP contribution is -2.09. The fraction of sp³-hybridized carbons (Fsp3) is 0. The molecule has 0 spiro atoms. The number of nitrogens with zero attached hydrogens (tertiary/aromatic N) is 3. The van der Waals surface area contributed by atoms with Crippen molar-refractivity contribution in [1.82, 2.24) is 9.97 Å². The first kappa shape index (κ1) is 23.6. The van der Waals surface area contributed by atoms with E-state index < -0.39 is 32.6 Å². The van der Waals surface area contributed by atoms with Crippen molar-refractivity contribution in [3.63, 3.8) is 0 Å². The van der Waals surface area contributed by atoms with Crippen molar-refractivity contribution in [2.45, 2.75) is 0 Å². The highest BCUT2D eigenvalue weighted by Crippen LogP contribution is 2.33. The predicted molar refractivity (Wildman–Crippen MR) is 120 cm³/mol. The molecular weight excluding hydrogens is 585 g/mol. The Kier molecular flexibility index (Phi) is 6.81. The second-order valence-corrected chi connectivity index (χ2v) is 8.28. The number of rotatable bonds is 2. The van der Waals surface area contributed by atoms with Crippen LogP contribution in [0.15, 0.2) is 50.4 Å². The highest BCUT2D eigenvalue weighted by atomic mass is 79.9. The van der Waals surface area contributed by atoms with Crippen molar-refractivity contribution in [3.8, 4) is 0 Å². The third-order valence-electron chi connectivity index (χ3n) is 4.08. The van der Waals surface area contributed by atoms with Gasteiger partial charge in [-0.25, -0.2) is 13.8 Å². The van der Waals surface area contributed by atoms with Crippen LogP contribution in [0.25, 0.3) is 21.8 Å². The minimum absolute atomic E-state index is 0.0128. The number of nitro groups is 2. The van der Waals surface area contributed by atoms with Crippen LogP contribution in [0.3, 0.4) is 0 Å². The summed E-state index contributed by atoms with van der Waals surface area (Å²) < 4.78 is 27.6. The van der Waals surface area contributed by atoms with Crippen molar-refractivity contribution < 1.29 is 18.6 Å². The highest BCUT2D eigenvalue weighted by Gasteiger charge is 2.18. The van der Waals surface area contributed by atoms with E-state index in [0.29, 0.717) is 8.95 Å². The summed E-state index contributed by atoms with van der Waals surface area (Å²) in [6.45, 7) is 0. The zero-order valence-corrected chi connectivity index (χ0v) is 19.2. The van der Waals surface area contributed by atoms with Crippen molar-refractivity contribution in [3.05, 3.63) is 92.7 Å². The Labute approximate surface area is 197 Å². The lowest BCUT2D eigenvalue weighted by molar-refractivity contribution is -0.386. The number of hydrogen-bond acceptors (Lipinski definition) is 6. The number of halogens is 5. The smallest absolute Gasteiger partial charge is 0.332 e. The number of benzene rings is 2. The number of pyridine rings is 2. The van der Waals surface area contributed by atoms with Crippen molar-refractivity contribution in [2.75, 3.05) is 0 Å². The largest absolute Gasteiger partial charge is 0.353 e. The summed E-state index contributed by atoms with van der Waals surface area (Å²) in [5.41, 5.74) is -1.78. The number of hydrogen-bond donors (Lipinski definition) is 1. The van der Waals surface area contributed by atoms with E-state index in [-0.39, 0.29) is 32.5 Å². The van der Waals surface area contributed by atoms with E-state index in [1.165, 1.54) is 24.3 Å². The van der Waals surface area contributed by atoms with E-state index in [4.69, 9.17) is 11.6 Å². The number of nitrogens with one attached hydrogen (secondary N) is 1. The number of fused-ring (bicyclic) bond motifs is 2. The van der Waals surface area contributed by atoms with Gasteiger partial charge < -0.3 is 4.98 Å². The average Bonchev–Trinajstić information content (AvgIpc) is 2.69. The Hall–Kier alpha value is -3.03. The normalized spacial score (nSPS) is 10.7. The molecule has 0 aliphatic heterocycles. The minimum atomic E-state index is -0.808. The Bertz CT molecular complexity index is 1480. The summed E-state index contributed by atoms with van der Waals surface area (Å²) in [5.74, 6) is -1.22. The average molecular weight is 593 g/mol. The Balaban J connectivity index is 0.000000181. The fourth-order valence-electron chi connectivity index (χ4n) is 2.69. The van der Waals surface area contributed by atoms with Crippen LogP contribution in [0.5, 0.6) is 0 Å². The molecule has 2 aromatic carbocycles. The molecule has 0 aliphatic carbocycles. The van der Waals surface area contributed by atoms with Crippen LogP contribution >= 0.6 is 43.5 Å². The Morgan fingerprint density at radius 2 is 1.50 bits per heavy atom. The maximum absolute atomic E-state index is 13.4. The molecule has 0 aliphatic rings. The number of aromatic nitrogens is 2. The van der Waals surface area contributed by atoms with Gasteiger partial charge in [-0.05, 0) is 24.3 Å². The molecule has 4 aromatic rings. The van der Waals surface area contributed by atoms with Crippen LogP contribution in [0.2, 0.25) is 5.02 Å². The third-order valence-corrected chi connectivity index (χ3v) is 5.40. The molecule has 1 N–H and O–H groups in total. The summed E-state index contributed by atoms with van der Waals surface area (Å²) in [6, 6.07) is 5.21. The third kappa shape index (κ3) is 4.59. The molecule has 0 radical (unpaired) electrons. The lowest BCUT2D eigenvalue weighted by Gasteiger charge is -2.02. The van der Waals surface area contributed by atoms with Gasteiger partial charge in [-0.2, -0.15) is 0 Å². The van der Waals surface area contributed by atoms with E-state index in [2.05, 4.69) is 41.8 Å². The van der Waals surface area contributed by atoms with Crippen LogP contribution in [0, 0.1) is 31.9 Å². The van der Waals surface area contributed by atoms with Crippen molar-refractivity contribution >= 4 is 76.6 Å². The van der Waals surface area contributed by atoms with Gasteiger partial charge in [-0.1, -0.05) is 43.5 Å². The Morgan fingerprint density at radius 3 is 2.09 bits per heavy atom. The standard InChI is InChI=1S/C9H3BrClFN2O2.C9H4BrFN2O3/c10-4-1-5-8(11)7(14(15)16)3-13-9(5)6(12)2-4;10-4-1-5-8(6(11)2-4)12-3-7(9(5)14)13(15)16/h1-3H;1-3H,(H,12,14). The highest BCUT2D eigenvalue weighted by molar-refractivity contribution is 9.10. The van der Waals surface area contributed by atoms with E-state index in [1.807, 2.05) is 0 Å². The summed E-state index contributed by atoms with van der Waals surface area (Å²) in [6.07, 6.45) is 1.84. The van der Waals surface area contributed by atoms with Crippen LogP contribution in [0.4, 0.5) is 20.2 Å². The van der Waals surface area contributed by atoms with Crippen LogP contribution in [0.1, 0.15) is 0 Å². The van der Waals surface area contributed by atoms with Crippen molar-refractivity contribution in [1.29, 1.82) is 0 Å². The van der Waals surface area contributed by atoms with E-state index in [9.17, 15) is 33.8 Å². The maximum Gasteiger partial charge on any atom is 0.332 e. The summed E-state index contributed by atoms with van der Waals surface area (Å²) in [5, 5.41) is 21.2.